The van der Waals surface area contributed by atoms with Gasteiger partial charge < -0.3 is 15.4 Å². The molecular formula is C31H36N8O2S. The Hall–Kier alpha value is -4.04. The van der Waals surface area contributed by atoms with Gasteiger partial charge in [0.25, 0.3) is 0 Å². The number of hydrogen-bond acceptors (Lipinski definition) is 9. The number of carbonyl (C=O) groups excluding carboxylic acids is 1. The van der Waals surface area contributed by atoms with E-state index in [9.17, 15) is 10.1 Å². The fourth-order valence-electron chi connectivity index (χ4n) is 6.21. The lowest BCUT2D eigenvalue weighted by atomic mass is 9.57. The van der Waals surface area contributed by atoms with Gasteiger partial charge in [-0.3, -0.25) is 4.98 Å². The molecule has 4 aromatic rings. The molecule has 42 heavy (non-hydrogen) atoms. The summed E-state index contributed by atoms with van der Waals surface area (Å²) in [7, 11) is 0. The van der Waals surface area contributed by atoms with Crippen LogP contribution in [0.1, 0.15) is 83.7 Å². The van der Waals surface area contributed by atoms with E-state index in [1.54, 1.807) is 22.0 Å². The number of anilines is 1. The average Bonchev–Trinajstić information content (AvgIpc) is 3.60. The Bertz CT molecular complexity index is 1670. The van der Waals surface area contributed by atoms with Gasteiger partial charge >= 0.3 is 6.09 Å². The molecule has 3 aliphatic carbocycles. The third kappa shape index (κ3) is 5.31. The minimum atomic E-state index is -0.512. The molecule has 218 valence electrons. The molecule has 0 aromatic carbocycles. The van der Waals surface area contributed by atoms with Crippen LogP contribution in [0.4, 0.5) is 10.5 Å². The van der Waals surface area contributed by atoms with Gasteiger partial charge in [0, 0.05) is 28.9 Å². The Morgan fingerprint density at radius 2 is 1.83 bits per heavy atom. The fraction of sp³-hybridized carbons (Fsp3) is 0.484. The minimum absolute atomic E-state index is 0.00885. The first-order chi connectivity index (χ1) is 20.0. The maximum Gasteiger partial charge on any atom is 0.408 e. The van der Waals surface area contributed by atoms with Crippen molar-refractivity contribution in [3.8, 4) is 28.0 Å². The number of aromatic nitrogens is 5. The predicted molar refractivity (Wildman–Crippen MR) is 162 cm³/mol. The number of nitrogens with one attached hydrogen (secondary N) is 2. The highest BCUT2D eigenvalue weighted by Gasteiger charge is 2.52. The maximum absolute atomic E-state index is 12.5. The summed E-state index contributed by atoms with van der Waals surface area (Å²) in [6, 6.07) is 10.1. The zero-order valence-corrected chi connectivity index (χ0v) is 25.5. The molecule has 11 heteroatoms. The molecule has 0 saturated heterocycles. The van der Waals surface area contributed by atoms with Gasteiger partial charge in [0.1, 0.15) is 16.7 Å². The average molecular weight is 585 g/mol. The summed E-state index contributed by atoms with van der Waals surface area (Å²) in [4.78, 5) is 17.3. The Labute approximate surface area is 249 Å². The molecule has 0 atom stereocenters. The second-order valence-electron chi connectivity index (χ2n) is 12.9. The summed E-state index contributed by atoms with van der Waals surface area (Å²) in [6.07, 6.45) is 8.73. The number of carbonyl (C=O) groups is 1. The quantitative estimate of drug-likeness (QED) is 0.264. The van der Waals surface area contributed by atoms with Crippen molar-refractivity contribution in [1.82, 2.24) is 30.1 Å². The van der Waals surface area contributed by atoms with Gasteiger partial charge in [-0.05, 0) is 97.4 Å². The van der Waals surface area contributed by atoms with E-state index in [-0.39, 0.29) is 23.1 Å². The molecule has 10 nitrogen and oxygen atoms in total. The van der Waals surface area contributed by atoms with Crippen LogP contribution in [-0.2, 0) is 10.2 Å². The monoisotopic (exact) mass is 584 g/mol. The Morgan fingerprint density at radius 1 is 1.10 bits per heavy atom. The van der Waals surface area contributed by atoms with Crippen LogP contribution in [0.15, 0.2) is 36.7 Å². The van der Waals surface area contributed by atoms with Gasteiger partial charge in [0.2, 0.25) is 0 Å². The molecule has 3 fully saturated rings. The van der Waals surface area contributed by atoms with Crippen LogP contribution in [0.3, 0.4) is 0 Å². The molecule has 3 saturated carbocycles. The molecule has 4 aromatic heterocycles. The van der Waals surface area contributed by atoms with Crippen molar-refractivity contribution in [2.45, 2.75) is 95.7 Å². The minimum Gasteiger partial charge on any atom is -0.444 e. The third-order valence-corrected chi connectivity index (χ3v) is 9.56. The smallest absolute Gasteiger partial charge is 0.408 e. The third-order valence-electron chi connectivity index (χ3n) is 8.36. The molecule has 2 bridgehead atoms. The molecule has 4 heterocycles. The first kappa shape index (κ1) is 28.1. The van der Waals surface area contributed by atoms with Gasteiger partial charge in [0.15, 0.2) is 5.01 Å². The second kappa shape index (κ2) is 10.3. The normalized spacial score (nSPS) is 21.8. The number of hydrogen-bond donors (Lipinski definition) is 2. The van der Waals surface area contributed by atoms with Crippen LogP contribution in [0, 0.1) is 11.3 Å². The largest absolute Gasteiger partial charge is 0.444 e. The van der Waals surface area contributed by atoms with Gasteiger partial charge in [-0.25, -0.2) is 9.31 Å². The Balaban J connectivity index is 1.25. The van der Waals surface area contributed by atoms with E-state index in [2.05, 4.69) is 40.7 Å². The number of pyridine rings is 1. The summed E-state index contributed by atoms with van der Waals surface area (Å²) < 4.78 is 7.35. The van der Waals surface area contributed by atoms with Crippen molar-refractivity contribution in [2.24, 2.45) is 0 Å². The number of rotatable bonds is 6. The Kier molecular flexibility index (Phi) is 6.92. The highest BCUT2D eigenvalue weighted by atomic mass is 32.1. The van der Waals surface area contributed by atoms with Crippen LogP contribution < -0.4 is 10.6 Å². The van der Waals surface area contributed by atoms with E-state index in [1.807, 2.05) is 51.2 Å². The van der Waals surface area contributed by atoms with Crippen LogP contribution in [-0.4, -0.2) is 48.1 Å². The lowest BCUT2D eigenvalue weighted by Gasteiger charge is -2.52. The number of nitrogens with zero attached hydrogens (tertiary/aromatic N) is 6. The lowest BCUT2D eigenvalue weighted by molar-refractivity contribution is 0.0258. The maximum atomic E-state index is 12.5. The van der Waals surface area contributed by atoms with Crippen molar-refractivity contribution in [3.05, 3.63) is 47.2 Å². The fourth-order valence-corrected chi connectivity index (χ4v) is 7.35. The molecule has 2 N–H and O–H groups in total. The number of ether oxygens (including phenoxy) is 1. The highest BCUT2D eigenvalue weighted by molar-refractivity contribution is 7.14. The van der Waals surface area contributed by atoms with Gasteiger partial charge in [-0.15, -0.1) is 10.2 Å². The SMILES string of the molecule is CC(C)Nc1cc(-c2ccc3cc(C#N)cnn23)ncc1-c1nnc(C23CCC(NC(=O)OC(C)(C)C)(CC2)CC3)s1. The molecule has 1 amide bonds. The summed E-state index contributed by atoms with van der Waals surface area (Å²) in [5, 5.41) is 31.8. The standard InChI is InChI=1S/C31H36N8O2S/c1-19(2)35-23-15-24(25-7-6-21-14-20(16-32)17-34-39(21)25)33-18-22(23)26-37-38-27(42-26)30-8-11-31(12-9-30,13-10-30)36-28(40)41-29(3,4)5/h6-7,14-15,17-19H,8-13H2,1-5H3,(H,33,35)(H,36,40). The van der Waals surface area contributed by atoms with Crippen molar-refractivity contribution in [2.75, 3.05) is 5.32 Å². The summed E-state index contributed by atoms with van der Waals surface area (Å²) in [5.41, 5.74) is 4.12. The highest BCUT2D eigenvalue weighted by Crippen LogP contribution is 2.54. The Morgan fingerprint density at radius 3 is 2.50 bits per heavy atom. The lowest BCUT2D eigenvalue weighted by Crippen LogP contribution is -2.58. The van der Waals surface area contributed by atoms with Crippen molar-refractivity contribution in [1.29, 1.82) is 5.26 Å². The van der Waals surface area contributed by atoms with Gasteiger partial charge in [0.05, 0.1) is 34.2 Å². The molecule has 3 aliphatic rings. The molecular weight excluding hydrogens is 548 g/mol. The molecule has 0 aliphatic heterocycles. The van der Waals surface area contributed by atoms with Gasteiger partial charge in [-0.2, -0.15) is 10.4 Å². The number of amides is 1. The number of alkyl carbamates (subject to hydrolysis) is 1. The van der Waals surface area contributed by atoms with Crippen LogP contribution in [0.25, 0.3) is 27.5 Å². The van der Waals surface area contributed by atoms with E-state index in [0.29, 0.717) is 5.56 Å². The second-order valence-corrected chi connectivity index (χ2v) is 13.9. The van der Waals surface area contributed by atoms with E-state index >= 15 is 0 Å². The van der Waals surface area contributed by atoms with Crippen molar-refractivity contribution < 1.29 is 9.53 Å². The summed E-state index contributed by atoms with van der Waals surface area (Å²) in [5.74, 6) is 0. The van der Waals surface area contributed by atoms with Crippen LogP contribution in [0.5, 0.6) is 0 Å². The molecule has 0 spiro atoms. The first-order valence-corrected chi connectivity index (χ1v) is 15.3. The topological polar surface area (TPSA) is 130 Å². The van der Waals surface area contributed by atoms with Gasteiger partial charge in [-0.1, -0.05) is 11.3 Å². The van der Waals surface area contributed by atoms with E-state index in [4.69, 9.17) is 14.8 Å². The van der Waals surface area contributed by atoms with E-state index in [1.165, 1.54) is 0 Å². The van der Waals surface area contributed by atoms with E-state index < -0.39 is 5.60 Å². The van der Waals surface area contributed by atoms with E-state index in [0.717, 1.165) is 76.7 Å². The summed E-state index contributed by atoms with van der Waals surface area (Å²) in [6.45, 7) is 9.88. The van der Waals surface area contributed by atoms with Crippen LogP contribution >= 0.6 is 11.3 Å². The van der Waals surface area contributed by atoms with Crippen LogP contribution in [0.2, 0.25) is 0 Å². The first-order valence-electron chi connectivity index (χ1n) is 14.5. The van der Waals surface area contributed by atoms with Crippen molar-refractivity contribution in [3.63, 3.8) is 0 Å². The molecule has 7 rings (SSSR count). The molecule has 0 radical (unpaired) electrons. The molecule has 0 unspecified atom stereocenters. The zero-order valence-electron chi connectivity index (χ0n) is 24.7. The summed E-state index contributed by atoms with van der Waals surface area (Å²) >= 11 is 1.65. The number of nitriles is 1. The number of fused-ring (bicyclic) bond motifs is 4. The predicted octanol–water partition coefficient (Wildman–Crippen LogP) is 6.48. The van der Waals surface area contributed by atoms with Crippen molar-refractivity contribution >= 4 is 28.6 Å². The zero-order chi connectivity index (χ0) is 29.7.